The van der Waals surface area contributed by atoms with Crippen LogP contribution in [-0.4, -0.2) is 37.6 Å². The van der Waals surface area contributed by atoms with Crippen LogP contribution in [0.4, 0.5) is 0 Å². The zero-order chi connectivity index (χ0) is 19.3. The second-order valence-corrected chi connectivity index (χ2v) is 5.35. The lowest BCUT2D eigenvalue weighted by Gasteiger charge is -2.30. The van der Waals surface area contributed by atoms with E-state index in [1.165, 1.54) is 14.2 Å². The van der Waals surface area contributed by atoms with Crippen LogP contribution in [0.25, 0.3) is 0 Å². The molecule has 0 spiro atoms. The predicted octanol–water partition coefficient (Wildman–Crippen LogP) is 1.58. The van der Waals surface area contributed by atoms with Gasteiger partial charge in [0.2, 0.25) is 0 Å². The molecule has 0 radical (unpaired) electrons. The third-order valence-corrected chi connectivity index (χ3v) is 3.98. The van der Waals surface area contributed by atoms with Gasteiger partial charge in [-0.15, -0.1) is 0 Å². The number of hydrogen-bond donors (Lipinski definition) is 2. The fraction of sp³-hybridized carbons (Fsp3) is 0.222. The lowest BCUT2D eigenvalue weighted by atomic mass is 9.78. The molecule has 1 atom stereocenters. The first-order chi connectivity index (χ1) is 12.5. The Bertz CT molecular complexity index is 877. The summed E-state index contributed by atoms with van der Waals surface area (Å²) in [6.07, 6.45) is 1.03. The molecule has 8 nitrogen and oxygen atoms in total. The van der Waals surface area contributed by atoms with Crippen LogP contribution in [0.3, 0.4) is 0 Å². The minimum atomic E-state index is -0.931. The number of carbonyl (C=O) groups is 2. The molecule has 1 aliphatic heterocycles. The van der Waals surface area contributed by atoms with Crippen LogP contribution in [-0.2, 0) is 19.1 Å². The maximum atomic E-state index is 12.5. The van der Waals surface area contributed by atoms with Crippen molar-refractivity contribution in [2.24, 2.45) is 5.16 Å². The summed E-state index contributed by atoms with van der Waals surface area (Å²) in [6.45, 7) is 1.62. The van der Waals surface area contributed by atoms with Gasteiger partial charge in [0.25, 0.3) is 0 Å². The number of dihydropyridines is 1. The van der Waals surface area contributed by atoms with Gasteiger partial charge in [-0.3, -0.25) is 0 Å². The van der Waals surface area contributed by atoms with Crippen molar-refractivity contribution >= 4 is 18.2 Å². The molecular formula is C18H17N3O5. The number of rotatable bonds is 4. The fourth-order valence-electron chi connectivity index (χ4n) is 2.89. The molecule has 1 aromatic carbocycles. The van der Waals surface area contributed by atoms with Crippen molar-refractivity contribution in [1.82, 2.24) is 5.32 Å². The molecule has 0 fully saturated rings. The molecule has 1 unspecified atom stereocenters. The number of carbonyl (C=O) groups excluding carboxylic acids is 2. The molecule has 1 heterocycles. The van der Waals surface area contributed by atoms with E-state index in [4.69, 9.17) is 14.7 Å². The Hall–Kier alpha value is -3.60. The van der Waals surface area contributed by atoms with Gasteiger partial charge in [-0.1, -0.05) is 23.4 Å². The van der Waals surface area contributed by atoms with Crippen molar-refractivity contribution in [3.8, 4) is 6.07 Å². The molecule has 0 saturated heterocycles. The summed E-state index contributed by atoms with van der Waals surface area (Å²) < 4.78 is 9.72. The van der Waals surface area contributed by atoms with Crippen LogP contribution < -0.4 is 5.32 Å². The Labute approximate surface area is 150 Å². The van der Waals surface area contributed by atoms with Crippen molar-refractivity contribution in [2.45, 2.75) is 12.8 Å². The van der Waals surface area contributed by atoms with E-state index in [-0.39, 0.29) is 22.4 Å². The molecule has 2 rings (SSSR count). The van der Waals surface area contributed by atoms with Crippen molar-refractivity contribution in [2.75, 3.05) is 14.2 Å². The van der Waals surface area contributed by atoms with Gasteiger partial charge in [0.05, 0.1) is 54.8 Å². The van der Waals surface area contributed by atoms with Gasteiger partial charge in [-0.25, -0.2) is 9.59 Å². The number of nitriles is 1. The summed E-state index contributed by atoms with van der Waals surface area (Å²) in [5.41, 5.74) is 1.46. The molecule has 8 heteroatoms. The molecule has 26 heavy (non-hydrogen) atoms. The van der Waals surface area contributed by atoms with Gasteiger partial charge in [0, 0.05) is 5.70 Å². The standard InChI is InChI=1S/C18H17N3O5/c1-10-14(17(22)25-2)15(12-7-5-4-6-11(12)8-19)16(18(23)26-3)13(21-10)9-20-24/h4-7,9,15,21,24H,1-3H3/b20-9-. The average Bonchev–Trinajstić information content (AvgIpc) is 2.66. The first kappa shape index (κ1) is 18.7. The largest absolute Gasteiger partial charge is 0.466 e. The number of allylic oxidation sites excluding steroid dienone is 2. The number of esters is 2. The van der Waals surface area contributed by atoms with E-state index >= 15 is 0 Å². The summed E-state index contributed by atoms with van der Waals surface area (Å²) in [5.74, 6) is -2.33. The van der Waals surface area contributed by atoms with Crippen LogP contribution in [0.15, 0.2) is 52.0 Å². The summed E-state index contributed by atoms with van der Waals surface area (Å²) in [4.78, 5) is 24.9. The Balaban J connectivity index is 2.86. The zero-order valence-corrected chi connectivity index (χ0v) is 14.4. The van der Waals surface area contributed by atoms with Crippen LogP contribution in [0.5, 0.6) is 0 Å². The van der Waals surface area contributed by atoms with E-state index < -0.39 is 17.9 Å². The summed E-state index contributed by atoms with van der Waals surface area (Å²) in [5, 5.41) is 24.2. The van der Waals surface area contributed by atoms with E-state index in [1.54, 1.807) is 31.2 Å². The van der Waals surface area contributed by atoms with Crippen molar-refractivity contribution in [1.29, 1.82) is 5.26 Å². The number of oxime groups is 1. The topological polar surface area (TPSA) is 121 Å². The number of nitrogens with zero attached hydrogens (tertiary/aromatic N) is 2. The van der Waals surface area contributed by atoms with Gasteiger partial charge in [-0.05, 0) is 18.6 Å². The van der Waals surface area contributed by atoms with E-state index in [0.717, 1.165) is 6.21 Å². The van der Waals surface area contributed by atoms with Crippen molar-refractivity contribution in [3.05, 3.63) is 57.9 Å². The Morgan fingerprint density at radius 2 is 1.85 bits per heavy atom. The summed E-state index contributed by atoms with van der Waals surface area (Å²) >= 11 is 0. The van der Waals surface area contributed by atoms with E-state index in [9.17, 15) is 14.9 Å². The molecule has 0 bridgehead atoms. The maximum Gasteiger partial charge on any atom is 0.336 e. The monoisotopic (exact) mass is 355 g/mol. The number of ether oxygens (including phenoxy) is 2. The lowest BCUT2D eigenvalue weighted by Crippen LogP contribution is -2.33. The average molecular weight is 355 g/mol. The van der Waals surface area contributed by atoms with Gasteiger partial charge in [-0.2, -0.15) is 5.26 Å². The Morgan fingerprint density at radius 3 is 2.42 bits per heavy atom. The lowest BCUT2D eigenvalue weighted by molar-refractivity contribution is -0.137. The SMILES string of the molecule is COC(=O)C1=C(C)NC(/C=N\O)=C(C(=O)OC)C1c1ccccc1C#N. The Morgan fingerprint density at radius 1 is 1.23 bits per heavy atom. The zero-order valence-electron chi connectivity index (χ0n) is 14.4. The number of methoxy groups -OCH3 is 2. The van der Waals surface area contributed by atoms with Crippen LogP contribution >= 0.6 is 0 Å². The first-order valence-electron chi connectivity index (χ1n) is 7.55. The molecule has 2 N–H and O–H groups in total. The van der Waals surface area contributed by atoms with E-state index in [2.05, 4.69) is 16.5 Å². The van der Waals surface area contributed by atoms with Gasteiger partial charge in [0.15, 0.2) is 0 Å². The van der Waals surface area contributed by atoms with Crippen LogP contribution in [0.1, 0.15) is 24.0 Å². The molecule has 1 aromatic rings. The van der Waals surface area contributed by atoms with Crippen LogP contribution in [0.2, 0.25) is 0 Å². The van der Waals surface area contributed by atoms with Gasteiger partial charge < -0.3 is 20.0 Å². The minimum Gasteiger partial charge on any atom is -0.466 e. The molecule has 134 valence electrons. The highest BCUT2D eigenvalue weighted by molar-refractivity contribution is 6.04. The third-order valence-electron chi connectivity index (χ3n) is 3.98. The highest BCUT2D eigenvalue weighted by Crippen LogP contribution is 2.40. The minimum absolute atomic E-state index is 0.0269. The summed E-state index contributed by atoms with van der Waals surface area (Å²) in [7, 11) is 2.42. The molecule has 1 aliphatic rings. The second-order valence-electron chi connectivity index (χ2n) is 5.35. The highest BCUT2D eigenvalue weighted by Gasteiger charge is 2.39. The van der Waals surface area contributed by atoms with E-state index in [1.807, 2.05) is 0 Å². The fourth-order valence-corrected chi connectivity index (χ4v) is 2.89. The predicted molar refractivity (Wildman–Crippen MR) is 91.1 cm³/mol. The van der Waals surface area contributed by atoms with Gasteiger partial charge in [0.1, 0.15) is 0 Å². The first-order valence-corrected chi connectivity index (χ1v) is 7.55. The number of benzene rings is 1. The third kappa shape index (κ3) is 3.28. The molecule has 0 aliphatic carbocycles. The molecule has 0 aromatic heterocycles. The van der Waals surface area contributed by atoms with Crippen molar-refractivity contribution in [3.63, 3.8) is 0 Å². The molecular weight excluding hydrogens is 338 g/mol. The molecule has 0 amide bonds. The maximum absolute atomic E-state index is 12.5. The van der Waals surface area contributed by atoms with Crippen LogP contribution in [0, 0.1) is 11.3 Å². The normalized spacial score (nSPS) is 16.9. The smallest absolute Gasteiger partial charge is 0.336 e. The number of nitrogens with one attached hydrogen (secondary N) is 1. The second kappa shape index (κ2) is 7.98. The van der Waals surface area contributed by atoms with E-state index in [0.29, 0.717) is 11.3 Å². The number of hydrogen-bond acceptors (Lipinski definition) is 8. The molecule has 0 saturated carbocycles. The Kier molecular flexibility index (Phi) is 5.75. The highest BCUT2D eigenvalue weighted by atomic mass is 16.5. The summed E-state index contributed by atoms with van der Waals surface area (Å²) in [6, 6.07) is 8.64. The quantitative estimate of drug-likeness (QED) is 0.364. The van der Waals surface area contributed by atoms with Gasteiger partial charge >= 0.3 is 11.9 Å². The van der Waals surface area contributed by atoms with Crippen molar-refractivity contribution < 1.29 is 24.3 Å².